The molecule has 1 atom stereocenters. The number of sulfonamides is 1. The molecule has 1 aliphatic rings. The highest BCUT2D eigenvalue weighted by Gasteiger charge is 2.41. The van der Waals surface area contributed by atoms with Gasteiger partial charge in [-0.1, -0.05) is 37.6 Å². The standard InChI is InChI=1S/C18H18ClFN4O2S/c1-12(2)18(13-5-4-10-21-11-13)14(19)8-9-16(23-18)24-27(25,26)17-7-3-6-15(20)22-17/h3-12,23-24H,1-2H3. The van der Waals surface area contributed by atoms with E-state index in [9.17, 15) is 12.8 Å². The average Bonchev–Trinajstić information content (AvgIpc) is 2.63. The quantitative estimate of drug-likeness (QED) is 0.743. The Balaban J connectivity index is 1.97. The summed E-state index contributed by atoms with van der Waals surface area (Å²) in [6.07, 6.45) is 6.46. The first-order chi connectivity index (χ1) is 12.8. The summed E-state index contributed by atoms with van der Waals surface area (Å²) in [5.74, 6) is -0.716. The number of dihydropyridines is 1. The predicted molar refractivity (Wildman–Crippen MR) is 100 cm³/mol. The average molecular weight is 409 g/mol. The molecule has 1 aliphatic heterocycles. The third-order valence-corrected chi connectivity index (χ3v) is 5.99. The van der Waals surface area contributed by atoms with Crippen LogP contribution in [-0.4, -0.2) is 18.4 Å². The molecule has 0 saturated carbocycles. The second-order valence-electron chi connectivity index (χ2n) is 6.33. The van der Waals surface area contributed by atoms with E-state index in [2.05, 4.69) is 20.0 Å². The minimum Gasteiger partial charge on any atom is -0.356 e. The molecule has 3 rings (SSSR count). The molecule has 0 fully saturated rings. The third kappa shape index (κ3) is 3.68. The highest BCUT2D eigenvalue weighted by Crippen LogP contribution is 2.41. The molecule has 2 N–H and O–H groups in total. The molecule has 0 amide bonds. The van der Waals surface area contributed by atoms with E-state index in [0.717, 1.165) is 11.6 Å². The molecule has 1 unspecified atom stereocenters. The van der Waals surface area contributed by atoms with Crippen LogP contribution in [-0.2, 0) is 15.6 Å². The van der Waals surface area contributed by atoms with Crippen LogP contribution in [0.5, 0.6) is 0 Å². The van der Waals surface area contributed by atoms with E-state index in [1.807, 2.05) is 19.9 Å². The second kappa shape index (κ2) is 7.28. The zero-order valence-electron chi connectivity index (χ0n) is 14.6. The summed E-state index contributed by atoms with van der Waals surface area (Å²) in [5.41, 5.74) is -0.0763. The Bertz CT molecular complexity index is 1010. The van der Waals surface area contributed by atoms with Crippen LogP contribution in [0.25, 0.3) is 0 Å². The van der Waals surface area contributed by atoms with E-state index in [-0.39, 0.29) is 11.7 Å². The van der Waals surface area contributed by atoms with Crippen molar-refractivity contribution in [2.45, 2.75) is 24.4 Å². The fraction of sp³-hybridized carbons (Fsp3) is 0.222. The number of rotatable bonds is 5. The predicted octanol–water partition coefficient (Wildman–Crippen LogP) is 3.01. The van der Waals surface area contributed by atoms with Crippen LogP contribution in [0.15, 0.2) is 70.8 Å². The molecule has 0 radical (unpaired) electrons. The first-order valence-corrected chi connectivity index (χ1v) is 10.0. The van der Waals surface area contributed by atoms with Crippen LogP contribution >= 0.6 is 11.6 Å². The topological polar surface area (TPSA) is 84.0 Å². The molecule has 0 aromatic carbocycles. The Kier molecular flexibility index (Phi) is 5.21. The Labute approximate surface area is 162 Å². The molecule has 9 heteroatoms. The number of nitrogens with zero attached hydrogens (tertiary/aromatic N) is 2. The smallest absolute Gasteiger partial charge is 0.280 e. The van der Waals surface area contributed by atoms with Crippen LogP contribution in [0, 0.1) is 11.9 Å². The fourth-order valence-electron chi connectivity index (χ4n) is 2.96. The first-order valence-electron chi connectivity index (χ1n) is 8.18. The van der Waals surface area contributed by atoms with Crippen LogP contribution in [0.1, 0.15) is 19.4 Å². The van der Waals surface area contributed by atoms with Crippen molar-refractivity contribution >= 4 is 21.6 Å². The van der Waals surface area contributed by atoms with Crippen molar-refractivity contribution in [1.82, 2.24) is 20.0 Å². The summed E-state index contributed by atoms with van der Waals surface area (Å²) in [6.45, 7) is 3.92. The summed E-state index contributed by atoms with van der Waals surface area (Å²) < 4.78 is 40.8. The van der Waals surface area contributed by atoms with Crippen molar-refractivity contribution in [3.8, 4) is 0 Å². The number of pyridine rings is 2. The van der Waals surface area contributed by atoms with Crippen molar-refractivity contribution in [2.75, 3.05) is 0 Å². The van der Waals surface area contributed by atoms with E-state index in [1.54, 1.807) is 24.5 Å². The van der Waals surface area contributed by atoms with E-state index < -0.39 is 26.5 Å². The summed E-state index contributed by atoms with van der Waals surface area (Å²) >= 11 is 6.53. The van der Waals surface area contributed by atoms with Gasteiger partial charge in [-0.05, 0) is 36.3 Å². The molecule has 3 heterocycles. The van der Waals surface area contributed by atoms with Crippen LogP contribution in [0.3, 0.4) is 0 Å². The molecule has 27 heavy (non-hydrogen) atoms. The van der Waals surface area contributed by atoms with Gasteiger partial charge in [-0.3, -0.25) is 9.71 Å². The maximum atomic E-state index is 13.3. The summed E-state index contributed by atoms with van der Waals surface area (Å²) in [5, 5.41) is 3.27. The van der Waals surface area contributed by atoms with Gasteiger partial charge in [0.1, 0.15) is 11.4 Å². The van der Waals surface area contributed by atoms with Crippen molar-refractivity contribution in [1.29, 1.82) is 0 Å². The van der Waals surface area contributed by atoms with Gasteiger partial charge in [0.25, 0.3) is 10.0 Å². The number of hydrogen-bond donors (Lipinski definition) is 2. The van der Waals surface area contributed by atoms with Gasteiger partial charge in [0.2, 0.25) is 5.95 Å². The highest BCUT2D eigenvalue weighted by molar-refractivity contribution is 7.89. The van der Waals surface area contributed by atoms with Crippen LogP contribution in [0.4, 0.5) is 4.39 Å². The van der Waals surface area contributed by atoms with Gasteiger partial charge >= 0.3 is 0 Å². The molecule has 0 spiro atoms. The van der Waals surface area contributed by atoms with Gasteiger partial charge in [-0.2, -0.15) is 12.8 Å². The number of allylic oxidation sites excluding steroid dienone is 2. The molecule has 0 aliphatic carbocycles. The van der Waals surface area contributed by atoms with Gasteiger partial charge in [0.05, 0.1) is 0 Å². The zero-order chi connectivity index (χ0) is 19.7. The van der Waals surface area contributed by atoms with Crippen molar-refractivity contribution in [3.63, 3.8) is 0 Å². The van der Waals surface area contributed by atoms with Crippen molar-refractivity contribution in [2.24, 2.45) is 5.92 Å². The van der Waals surface area contributed by atoms with Gasteiger partial charge in [-0.15, -0.1) is 0 Å². The number of hydrogen-bond acceptors (Lipinski definition) is 5. The molecule has 0 bridgehead atoms. The number of nitrogens with one attached hydrogen (secondary N) is 2. The minimum atomic E-state index is -4.08. The molecular weight excluding hydrogens is 391 g/mol. The maximum absolute atomic E-state index is 13.3. The Morgan fingerprint density at radius 2 is 2.00 bits per heavy atom. The lowest BCUT2D eigenvalue weighted by Crippen LogP contribution is -2.51. The lowest BCUT2D eigenvalue weighted by Gasteiger charge is -2.41. The van der Waals surface area contributed by atoms with Crippen molar-refractivity contribution in [3.05, 3.63) is 77.2 Å². The van der Waals surface area contributed by atoms with E-state index >= 15 is 0 Å². The Morgan fingerprint density at radius 3 is 2.63 bits per heavy atom. The third-order valence-electron chi connectivity index (χ3n) is 4.30. The minimum absolute atomic E-state index is 0.0362. The van der Waals surface area contributed by atoms with Gasteiger partial charge < -0.3 is 5.32 Å². The second-order valence-corrected chi connectivity index (χ2v) is 8.36. The molecular formula is C18H18ClFN4O2S. The fourth-order valence-corrected chi connectivity index (χ4v) is 4.37. The lowest BCUT2D eigenvalue weighted by atomic mass is 9.79. The highest BCUT2D eigenvalue weighted by atomic mass is 35.5. The van der Waals surface area contributed by atoms with Gasteiger partial charge in [0, 0.05) is 23.0 Å². The largest absolute Gasteiger partial charge is 0.356 e. The zero-order valence-corrected chi connectivity index (χ0v) is 16.2. The van der Waals surface area contributed by atoms with Gasteiger partial charge in [-0.25, -0.2) is 4.98 Å². The molecule has 142 valence electrons. The summed E-state index contributed by atoms with van der Waals surface area (Å²) in [6, 6.07) is 7.22. The Morgan fingerprint density at radius 1 is 1.22 bits per heavy atom. The summed E-state index contributed by atoms with van der Waals surface area (Å²) in [4.78, 5) is 7.57. The van der Waals surface area contributed by atoms with Crippen molar-refractivity contribution < 1.29 is 12.8 Å². The van der Waals surface area contributed by atoms with Gasteiger partial charge in [0.15, 0.2) is 5.03 Å². The molecule has 6 nitrogen and oxygen atoms in total. The Hall–Kier alpha value is -2.45. The molecule has 2 aromatic heterocycles. The lowest BCUT2D eigenvalue weighted by molar-refractivity contribution is 0.318. The molecule has 2 aromatic rings. The maximum Gasteiger partial charge on any atom is 0.280 e. The van der Waals surface area contributed by atoms with Crippen LogP contribution in [0.2, 0.25) is 0 Å². The normalized spacial score (nSPS) is 19.9. The molecule has 0 saturated heterocycles. The first kappa shape index (κ1) is 19.3. The number of halogens is 2. The van der Waals surface area contributed by atoms with Crippen LogP contribution < -0.4 is 10.0 Å². The van der Waals surface area contributed by atoms with E-state index in [4.69, 9.17) is 11.6 Å². The SMILES string of the molecule is CC(C)C1(c2cccnc2)NC(NS(=O)(=O)c2cccc(F)n2)=CC=C1Cl. The van der Waals surface area contributed by atoms with E-state index in [1.165, 1.54) is 18.2 Å². The number of aromatic nitrogens is 2. The van der Waals surface area contributed by atoms with E-state index in [0.29, 0.717) is 5.03 Å². The summed E-state index contributed by atoms with van der Waals surface area (Å²) in [7, 11) is -4.08. The monoisotopic (exact) mass is 408 g/mol.